The highest BCUT2D eigenvalue weighted by Crippen LogP contribution is 2.30. The first-order valence-corrected chi connectivity index (χ1v) is 10.9. The van der Waals surface area contributed by atoms with E-state index in [0.717, 1.165) is 35.0 Å². The van der Waals surface area contributed by atoms with Crippen molar-refractivity contribution in [3.05, 3.63) is 99.2 Å². The van der Waals surface area contributed by atoms with Gasteiger partial charge in [0, 0.05) is 28.6 Å². The van der Waals surface area contributed by atoms with Crippen LogP contribution in [0.25, 0.3) is 11.3 Å². The first-order valence-electron chi connectivity index (χ1n) is 10.1. The lowest BCUT2D eigenvalue weighted by Gasteiger charge is -2.11. The Morgan fingerprint density at radius 1 is 1.15 bits per heavy atom. The Bertz CT molecular complexity index is 1330. The molecule has 1 aromatic heterocycles. The second-order valence-electron chi connectivity index (χ2n) is 7.00. The zero-order valence-electron chi connectivity index (χ0n) is 18.0. The Kier molecular flexibility index (Phi) is 7.09. The van der Waals surface area contributed by atoms with Gasteiger partial charge in [-0.2, -0.15) is 5.10 Å². The van der Waals surface area contributed by atoms with Crippen LogP contribution in [0.4, 0.5) is 15.2 Å². The maximum Gasteiger partial charge on any atom is 0.311 e. The molecule has 10 heteroatoms. The standard InChI is InChI=1S/C24H19FN4O4S/c1-32-22-10-7-16(11-18(22)14-33-23-12-19(25)8-9-21(23)29(30)31)13-26-28-24-27-20(15-34-24)17-5-3-2-4-6-17/h2-13,15H,14H2,1H3,(H,27,28). The van der Waals surface area contributed by atoms with Gasteiger partial charge in [0.25, 0.3) is 0 Å². The van der Waals surface area contributed by atoms with E-state index < -0.39 is 10.7 Å². The van der Waals surface area contributed by atoms with E-state index in [9.17, 15) is 14.5 Å². The van der Waals surface area contributed by atoms with Crippen molar-refractivity contribution in [2.45, 2.75) is 6.61 Å². The third-order valence-corrected chi connectivity index (χ3v) is 5.50. The zero-order chi connectivity index (χ0) is 23.9. The predicted molar refractivity (Wildman–Crippen MR) is 129 cm³/mol. The lowest BCUT2D eigenvalue weighted by molar-refractivity contribution is -0.386. The van der Waals surface area contributed by atoms with Crippen molar-refractivity contribution in [2.24, 2.45) is 5.10 Å². The van der Waals surface area contributed by atoms with Gasteiger partial charge in [-0.15, -0.1) is 11.3 Å². The summed E-state index contributed by atoms with van der Waals surface area (Å²) >= 11 is 1.44. The van der Waals surface area contributed by atoms with E-state index in [4.69, 9.17) is 9.47 Å². The largest absolute Gasteiger partial charge is 0.496 e. The minimum absolute atomic E-state index is 0.0600. The maximum atomic E-state index is 13.6. The molecule has 4 aromatic rings. The average Bonchev–Trinajstić information content (AvgIpc) is 3.32. The average molecular weight is 479 g/mol. The van der Waals surface area contributed by atoms with Crippen molar-refractivity contribution in [3.8, 4) is 22.8 Å². The van der Waals surface area contributed by atoms with Crippen molar-refractivity contribution in [1.82, 2.24) is 4.98 Å². The summed E-state index contributed by atoms with van der Waals surface area (Å²) < 4.78 is 24.5. The number of rotatable bonds is 9. The molecule has 0 radical (unpaired) electrons. The van der Waals surface area contributed by atoms with Crippen LogP contribution in [0, 0.1) is 15.9 Å². The summed E-state index contributed by atoms with van der Waals surface area (Å²) in [6.07, 6.45) is 1.61. The Balaban J connectivity index is 1.45. The number of ether oxygens (including phenoxy) is 2. The number of hydrogen-bond acceptors (Lipinski definition) is 8. The fraction of sp³-hybridized carbons (Fsp3) is 0.0833. The van der Waals surface area contributed by atoms with Gasteiger partial charge in [-0.25, -0.2) is 9.37 Å². The normalized spacial score (nSPS) is 10.9. The van der Waals surface area contributed by atoms with Crippen LogP contribution in [0.3, 0.4) is 0 Å². The van der Waals surface area contributed by atoms with Crippen LogP contribution in [-0.4, -0.2) is 23.2 Å². The zero-order valence-corrected chi connectivity index (χ0v) is 18.8. The van der Waals surface area contributed by atoms with Crippen molar-refractivity contribution < 1.29 is 18.8 Å². The van der Waals surface area contributed by atoms with E-state index in [-0.39, 0.29) is 18.0 Å². The van der Waals surface area contributed by atoms with E-state index in [1.54, 1.807) is 24.4 Å². The van der Waals surface area contributed by atoms with Gasteiger partial charge in [-0.05, 0) is 29.8 Å². The number of halogens is 1. The number of hydrazone groups is 1. The fourth-order valence-corrected chi connectivity index (χ4v) is 3.80. The quantitative estimate of drug-likeness (QED) is 0.183. The summed E-state index contributed by atoms with van der Waals surface area (Å²) in [5.74, 6) is -0.264. The molecular formula is C24H19FN4O4S. The lowest BCUT2D eigenvalue weighted by atomic mass is 10.1. The molecule has 0 aliphatic rings. The number of thiazole rings is 1. The van der Waals surface area contributed by atoms with Crippen LogP contribution in [0.5, 0.6) is 11.5 Å². The Morgan fingerprint density at radius 2 is 1.97 bits per heavy atom. The van der Waals surface area contributed by atoms with Crippen molar-refractivity contribution in [3.63, 3.8) is 0 Å². The highest BCUT2D eigenvalue weighted by atomic mass is 32.1. The first kappa shape index (κ1) is 22.9. The molecule has 0 spiro atoms. The highest BCUT2D eigenvalue weighted by molar-refractivity contribution is 7.14. The third-order valence-electron chi connectivity index (χ3n) is 4.75. The topological polar surface area (TPSA) is 98.9 Å². The number of benzene rings is 3. The number of hydrogen-bond donors (Lipinski definition) is 1. The summed E-state index contributed by atoms with van der Waals surface area (Å²) in [6, 6.07) is 18.2. The predicted octanol–water partition coefficient (Wildman–Crippen LogP) is 5.89. The summed E-state index contributed by atoms with van der Waals surface area (Å²) in [7, 11) is 1.51. The van der Waals surface area contributed by atoms with E-state index in [1.165, 1.54) is 18.4 Å². The van der Waals surface area contributed by atoms with Gasteiger partial charge in [0.15, 0.2) is 5.75 Å². The van der Waals surface area contributed by atoms with Gasteiger partial charge in [0.1, 0.15) is 18.2 Å². The Hall–Kier alpha value is -4.31. The maximum absolute atomic E-state index is 13.6. The minimum Gasteiger partial charge on any atom is -0.496 e. The van der Waals surface area contributed by atoms with Crippen LogP contribution in [0.2, 0.25) is 0 Å². The van der Waals surface area contributed by atoms with Crippen molar-refractivity contribution in [2.75, 3.05) is 12.5 Å². The van der Waals surface area contributed by atoms with Crippen molar-refractivity contribution in [1.29, 1.82) is 0 Å². The van der Waals surface area contributed by atoms with E-state index >= 15 is 0 Å². The summed E-state index contributed by atoms with van der Waals surface area (Å²) in [6.45, 7) is -0.0600. The van der Waals surface area contributed by atoms with Crippen LogP contribution in [0.15, 0.2) is 77.2 Å². The molecule has 8 nitrogen and oxygen atoms in total. The van der Waals surface area contributed by atoms with Gasteiger partial charge in [0.2, 0.25) is 5.13 Å². The van der Waals surface area contributed by atoms with Crippen LogP contribution in [-0.2, 0) is 6.61 Å². The number of nitrogens with zero attached hydrogens (tertiary/aromatic N) is 3. The number of methoxy groups -OCH3 is 1. The van der Waals surface area contributed by atoms with Crippen molar-refractivity contribution >= 4 is 28.4 Å². The molecular weight excluding hydrogens is 459 g/mol. The molecule has 3 aromatic carbocycles. The summed E-state index contributed by atoms with van der Waals surface area (Å²) in [4.78, 5) is 15.1. The van der Waals surface area contributed by atoms with Crippen LogP contribution >= 0.6 is 11.3 Å². The molecule has 0 amide bonds. The van der Waals surface area contributed by atoms with Gasteiger partial charge in [-0.1, -0.05) is 30.3 Å². The molecule has 1 heterocycles. The molecule has 4 rings (SSSR count). The van der Waals surface area contributed by atoms with E-state index in [1.807, 2.05) is 35.7 Å². The Labute approximate surface area is 198 Å². The minimum atomic E-state index is -0.628. The molecule has 0 unspecified atom stereocenters. The number of aromatic nitrogens is 1. The second kappa shape index (κ2) is 10.5. The van der Waals surface area contributed by atoms with Crippen LogP contribution in [0.1, 0.15) is 11.1 Å². The first-order chi connectivity index (χ1) is 16.5. The lowest BCUT2D eigenvalue weighted by Crippen LogP contribution is -2.02. The van der Waals surface area contributed by atoms with Crippen LogP contribution < -0.4 is 14.9 Å². The molecule has 34 heavy (non-hydrogen) atoms. The van der Waals surface area contributed by atoms with E-state index in [2.05, 4.69) is 15.5 Å². The number of nitro benzene ring substituents is 1. The molecule has 172 valence electrons. The molecule has 0 fully saturated rings. The van der Waals surface area contributed by atoms with Gasteiger partial charge in [-0.3, -0.25) is 15.5 Å². The van der Waals surface area contributed by atoms with Gasteiger partial charge in [0.05, 0.1) is 23.9 Å². The molecule has 1 N–H and O–H groups in total. The monoisotopic (exact) mass is 478 g/mol. The molecule has 0 aliphatic heterocycles. The smallest absolute Gasteiger partial charge is 0.311 e. The molecule has 0 saturated heterocycles. The summed E-state index contributed by atoms with van der Waals surface area (Å²) in [5.41, 5.74) is 5.83. The summed E-state index contributed by atoms with van der Waals surface area (Å²) in [5, 5.41) is 18.0. The fourth-order valence-electron chi connectivity index (χ4n) is 3.13. The molecule has 0 aliphatic carbocycles. The third kappa shape index (κ3) is 5.54. The molecule has 0 bridgehead atoms. The molecule has 0 atom stereocenters. The Morgan fingerprint density at radius 3 is 2.74 bits per heavy atom. The van der Waals surface area contributed by atoms with E-state index in [0.29, 0.717) is 16.4 Å². The highest BCUT2D eigenvalue weighted by Gasteiger charge is 2.17. The van der Waals surface area contributed by atoms with Gasteiger partial charge >= 0.3 is 5.69 Å². The SMILES string of the molecule is COc1ccc(C=NNc2nc(-c3ccccc3)cs2)cc1COc1cc(F)ccc1[N+](=O)[O-]. The second-order valence-corrected chi connectivity index (χ2v) is 7.86. The number of nitrogens with one attached hydrogen (secondary N) is 1. The number of nitro groups is 1. The number of anilines is 1. The van der Waals surface area contributed by atoms with Gasteiger partial charge < -0.3 is 9.47 Å². The molecule has 0 saturated carbocycles.